The van der Waals surface area contributed by atoms with Crippen LogP contribution in [0, 0.1) is 11.8 Å². The number of hydrogen-bond acceptors (Lipinski definition) is 6. The van der Waals surface area contributed by atoms with Gasteiger partial charge >= 0.3 is 0 Å². The summed E-state index contributed by atoms with van der Waals surface area (Å²) < 4.78 is 5.25. The SMILES string of the molecule is COc1c(NN)ncnc1NCC(C)C1CC1. The quantitative estimate of drug-likeness (QED) is 0.509. The summed E-state index contributed by atoms with van der Waals surface area (Å²) in [5.41, 5.74) is 2.49. The smallest absolute Gasteiger partial charge is 0.205 e. The lowest BCUT2D eigenvalue weighted by Crippen LogP contribution is -2.16. The number of nitrogens with zero attached hydrogens (tertiary/aromatic N) is 2. The molecular formula is C11H19N5O. The Kier molecular flexibility index (Phi) is 3.63. The summed E-state index contributed by atoms with van der Waals surface area (Å²) >= 11 is 0. The van der Waals surface area contributed by atoms with Gasteiger partial charge in [-0.05, 0) is 24.7 Å². The highest BCUT2D eigenvalue weighted by Crippen LogP contribution is 2.37. The van der Waals surface area contributed by atoms with E-state index in [0.29, 0.717) is 23.3 Å². The molecule has 94 valence electrons. The van der Waals surface area contributed by atoms with Crippen molar-refractivity contribution in [3.8, 4) is 5.75 Å². The maximum Gasteiger partial charge on any atom is 0.205 e. The highest BCUT2D eigenvalue weighted by molar-refractivity contribution is 5.62. The van der Waals surface area contributed by atoms with Crippen LogP contribution in [0.15, 0.2) is 6.33 Å². The number of hydrazine groups is 1. The van der Waals surface area contributed by atoms with Crippen molar-refractivity contribution in [3.05, 3.63) is 6.33 Å². The normalized spacial score (nSPS) is 16.4. The van der Waals surface area contributed by atoms with Crippen LogP contribution in [0.4, 0.5) is 11.6 Å². The Morgan fingerprint density at radius 1 is 1.47 bits per heavy atom. The average Bonchev–Trinajstić information content (AvgIpc) is 3.19. The molecule has 1 aliphatic rings. The van der Waals surface area contributed by atoms with E-state index >= 15 is 0 Å². The first-order chi connectivity index (χ1) is 8.26. The molecule has 1 unspecified atom stereocenters. The van der Waals surface area contributed by atoms with E-state index in [1.54, 1.807) is 7.11 Å². The minimum absolute atomic E-state index is 0.490. The number of ether oxygens (including phenoxy) is 1. The maximum absolute atomic E-state index is 5.36. The van der Waals surface area contributed by atoms with Gasteiger partial charge in [0.05, 0.1) is 7.11 Å². The first kappa shape index (κ1) is 11.9. The molecule has 1 aromatic heterocycles. The lowest BCUT2D eigenvalue weighted by molar-refractivity contribution is 0.414. The van der Waals surface area contributed by atoms with Gasteiger partial charge in [0, 0.05) is 6.54 Å². The van der Waals surface area contributed by atoms with Gasteiger partial charge in [0.1, 0.15) is 6.33 Å². The van der Waals surface area contributed by atoms with E-state index in [0.717, 1.165) is 12.5 Å². The average molecular weight is 237 g/mol. The van der Waals surface area contributed by atoms with Crippen LogP contribution in [0.3, 0.4) is 0 Å². The number of methoxy groups -OCH3 is 1. The molecule has 6 heteroatoms. The van der Waals surface area contributed by atoms with E-state index in [4.69, 9.17) is 10.6 Å². The van der Waals surface area contributed by atoms with Gasteiger partial charge < -0.3 is 15.5 Å². The third-order valence-electron chi connectivity index (χ3n) is 3.16. The molecule has 1 aromatic rings. The van der Waals surface area contributed by atoms with Crippen LogP contribution < -0.4 is 21.3 Å². The van der Waals surface area contributed by atoms with Crippen molar-refractivity contribution in [1.29, 1.82) is 0 Å². The Hall–Kier alpha value is -1.56. The summed E-state index contributed by atoms with van der Waals surface area (Å²) in [6, 6.07) is 0. The van der Waals surface area contributed by atoms with Gasteiger partial charge in [-0.15, -0.1) is 0 Å². The van der Waals surface area contributed by atoms with Crippen molar-refractivity contribution in [1.82, 2.24) is 9.97 Å². The van der Waals surface area contributed by atoms with E-state index in [2.05, 4.69) is 27.6 Å². The van der Waals surface area contributed by atoms with Crippen LogP contribution in [0.5, 0.6) is 5.75 Å². The van der Waals surface area contributed by atoms with Crippen LogP contribution in [0.1, 0.15) is 19.8 Å². The number of rotatable bonds is 6. The number of hydrogen-bond donors (Lipinski definition) is 3. The zero-order chi connectivity index (χ0) is 12.3. The van der Waals surface area contributed by atoms with Gasteiger partial charge in [-0.2, -0.15) is 0 Å². The van der Waals surface area contributed by atoms with Gasteiger partial charge in [-0.3, -0.25) is 0 Å². The minimum atomic E-state index is 0.490. The fourth-order valence-corrected chi connectivity index (χ4v) is 1.89. The van der Waals surface area contributed by atoms with Crippen LogP contribution in [0.2, 0.25) is 0 Å². The van der Waals surface area contributed by atoms with E-state index < -0.39 is 0 Å². The molecule has 1 fully saturated rings. The first-order valence-corrected chi connectivity index (χ1v) is 5.85. The van der Waals surface area contributed by atoms with Crippen molar-refractivity contribution in [2.75, 3.05) is 24.4 Å². The Labute approximate surface area is 101 Å². The van der Waals surface area contributed by atoms with Crippen LogP contribution >= 0.6 is 0 Å². The van der Waals surface area contributed by atoms with Crippen LogP contribution in [0.25, 0.3) is 0 Å². The fraction of sp³-hybridized carbons (Fsp3) is 0.636. The molecule has 0 bridgehead atoms. The van der Waals surface area contributed by atoms with Gasteiger partial charge in [0.25, 0.3) is 0 Å². The molecule has 17 heavy (non-hydrogen) atoms. The molecule has 0 spiro atoms. The van der Waals surface area contributed by atoms with Gasteiger partial charge in [0.15, 0.2) is 11.6 Å². The maximum atomic E-state index is 5.36. The van der Waals surface area contributed by atoms with Crippen molar-refractivity contribution in [3.63, 3.8) is 0 Å². The fourth-order valence-electron chi connectivity index (χ4n) is 1.89. The second-order valence-electron chi connectivity index (χ2n) is 4.44. The third kappa shape index (κ3) is 2.76. The van der Waals surface area contributed by atoms with Gasteiger partial charge in [-0.25, -0.2) is 15.8 Å². The summed E-state index contributed by atoms with van der Waals surface area (Å²) in [6.45, 7) is 3.14. The second kappa shape index (κ2) is 5.18. The minimum Gasteiger partial charge on any atom is -0.490 e. The molecule has 0 aromatic carbocycles. The highest BCUT2D eigenvalue weighted by Gasteiger charge is 2.27. The number of aromatic nitrogens is 2. The summed E-state index contributed by atoms with van der Waals surface area (Å²) in [5, 5.41) is 3.29. The number of nitrogens with two attached hydrogens (primary N) is 1. The summed E-state index contributed by atoms with van der Waals surface area (Å²) in [4.78, 5) is 8.16. The van der Waals surface area contributed by atoms with E-state index in [1.165, 1.54) is 19.2 Å². The van der Waals surface area contributed by atoms with Crippen LogP contribution in [-0.2, 0) is 0 Å². The predicted molar refractivity (Wildman–Crippen MR) is 66.8 cm³/mol. The Morgan fingerprint density at radius 2 is 2.18 bits per heavy atom. The standard InChI is InChI=1S/C11H19N5O/c1-7(8-3-4-8)5-13-10-9(17-2)11(16-12)15-6-14-10/h6-8H,3-5,12H2,1-2H3,(H2,13,14,15,16). The van der Waals surface area contributed by atoms with Crippen molar-refractivity contribution in [2.45, 2.75) is 19.8 Å². The molecule has 2 rings (SSSR count). The Bertz CT molecular complexity index is 380. The zero-order valence-electron chi connectivity index (χ0n) is 10.2. The molecule has 0 saturated heterocycles. The number of nitrogen functional groups attached to an aromatic ring is 1. The topological polar surface area (TPSA) is 85.1 Å². The third-order valence-corrected chi connectivity index (χ3v) is 3.16. The summed E-state index contributed by atoms with van der Waals surface area (Å²) in [5.74, 6) is 8.61. The Balaban J connectivity index is 2.03. The number of nitrogens with one attached hydrogen (secondary N) is 2. The van der Waals surface area contributed by atoms with Crippen molar-refractivity contribution in [2.24, 2.45) is 17.7 Å². The summed E-state index contributed by atoms with van der Waals surface area (Å²) in [7, 11) is 1.58. The molecule has 0 amide bonds. The molecule has 0 aliphatic heterocycles. The van der Waals surface area contributed by atoms with Gasteiger partial charge in [-0.1, -0.05) is 6.92 Å². The van der Waals surface area contributed by atoms with Crippen molar-refractivity contribution >= 4 is 11.6 Å². The molecule has 1 heterocycles. The molecule has 0 radical (unpaired) electrons. The first-order valence-electron chi connectivity index (χ1n) is 5.85. The monoisotopic (exact) mass is 237 g/mol. The highest BCUT2D eigenvalue weighted by atomic mass is 16.5. The predicted octanol–water partition coefficient (Wildman–Crippen LogP) is 1.23. The lowest BCUT2D eigenvalue weighted by Gasteiger charge is -2.15. The molecule has 1 atom stereocenters. The largest absolute Gasteiger partial charge is 0.490 e. The molecular weight excluding hydrogens is 218 g/mol. The van der Waals surface area contributed by atoms with Gasteiger partial charge in [0.2, 0.25) is 5.75 Å². The van der Waals surface area contributed by atoms with E-state index in [-0.39, 0.29) is 0 Å². The second-order valence-corrected chi connectivity index (χ2v) is 4.44. The molecule has 1 aliphatic carbocycles. The van der Waals surface area contributed by atoms with E-state index in [9.17, 15) is 0 Å². The number of anilines is 2. The zero-order valence-corrected chi connectivity index (χ0v) is 10.2. The van der Waals surface area contributed by atoms with E-state index in [1.807, 2.05) is 0 Å². The van der Waals surface area contributed by atoms with Crippen LogP contribution in [-0.4, -0.2) is 23.6 Å². The molecule has 4 N–H and O–H groups in total. The summed E-state index contributed by atoms with van der Waals surface area (Å²) in [6.07, 6.45) is 4.15. The Morgan fingerprint density at radius 3 is 2.76 bits per heavy atom. The lowest BCUT2D eigenvalue weighted by atomic mass is 10.1. The van der Waals surface area contributed by atoms with Crippen molar-refractivity contribution < 1.29 is 4.74 Å². The molecule has 1 saturated carbocycles. The molecule has 6 nitrogen and oxygen atoms in total.